The van der Waals surface area contributed by atoms with Gasteiger partial charge in [0.2, 0.25) is 0 Å². The van der Waals surface area contributed by atoms with Crippen LogP contribution in [-0.2, 0) is 0 Å². The monoisotopic (exact) mass is 216 g/mol. The second-order valence-electron chi connectivity index (χ2n) is 5.68. The maximum Gasteiger partial charge on any atom is 0.0956 e. The molecule has 1 aliphatic carbocycles. The van der Waals surface area contributed by atoms with Gasteiger partial charge in [-0.05, 0) is 37.0 Å². The highest BCUT2D eigenvalue weighted by molar-refractivity contribution is 5.01. The second kappa shape index (κ2) is 4.40. The van der Waals surface area contributed by atoms with Crippen LogP contribution in [0.15, 0.2) is 0 Å². The molecule has 1 aliphatic rings. The molecule has 0 heterocycles. The van der Waals surface area contributed by atoms with E-state index < -0.39 is 17.1 Å². The third-order valence-electron chi connectivity index (χ3n) is 4.10. The zero-order chi connectivity index (χ0) is 11.7. The van der Waals surface area contributed by atoms with Crippen LogP contribution in [0.2, 0.25) is 0 Å². The molecule has 0 radical (unpaired) electrons. The van der Waals surface area contributed by atoms with Gasteiger partial charge in [0, 0.05) is 6.61 Å². The first-order chi connectivity index (χ1) is 6.83. The van der Waals surface area contributed by atoms with Crippen LogP contribution in [-0.4, -0.2) is 33.6 Å². The van der Waals surface area contributed by atoms with Crippen molar-refractivity contribution in [1.29, 1.82) is 0 Å². The van der Waals surface area contributed by atoms with E-state index in [9.17, 15) is 10.2 Å². The third kappa shape index (κ3) is 2.35. The fourth-order valence-corrected chi connectivity index (χ4v) is 2.61. The van der Waals surface area contributed by atoms with Crippen molar-refractivity contribution in [2.75, 3.05) is 6.61 Å². The summed E-state index contributed by atoms with van der Waals surface area (Å²) in [7, 11) is 0. The molecule has 1 fully saturated rings. The lowest BCUT2D eigenvalue weighted by atomic mass is 9.62. The van der Waals surface area contributed by atoms with Gasteiger partial charge in [0.15, 0.2) is 0 Å². The van der Waals surface area contributed by atoms with Crippen LogP contribution in [0.4, 0.5) is 0 Å². The lowest BCUT2D eigenvalue weighted by Gasteiger charge is -2.49. The normalized spacial score (nSPS) is 38.0. The molecular weight excluding hydrogens is 192 g/mol. The topological polar surface area (TPSA) is 60.7 Å². The van der Waals surface area contributed by atoms with Crippen LogP contribution in [0.25, 0.3) is 0 Å². The average molecular weight is 216 g/mol. The van der Waals surface area contributed by atoms with E-state index in [4.69, 9.17) is 5.11 Å². The van der Waals surface area contributed by atoms with Crippen molar-refractivity contribution in [3.05, 3.63) is 0 Å². The predicted octanol–water partition coefficient (Wildman–Crippen LogP) is 1.31. The van der Waals surface area contributed by atoms with E-state index in [-0.39, 0.29) is 6.61 Å². The first-order valence-corrected chi connectivity index (χ1v) is 5.85. The highest BCUT2D eigenvalue weighted by atomic mass is 16.3. The Morgan fingerprint density at radius 1 is 1.40 bits per heavy atom. The molecular formula is C12H24O3. The smallest absolute Gasteiger partial charge is 0.0956 e. The highest BCUT2D eigenvalue weighted by Crippen LogP contribution is 2.45. The molecule has 3 heteroatoms. The van der Waals surface area contributed by atoms with Gasteiger partial charge in [-0.15, -0.1) is 0 Å². The SMILES string of the molecule is CC1CCC(O)(C(C)(C)CCO)C(O)C1. The number of aliphatic hydroxyl groups is 3. The summed E-state index contributed by atoms with van der Waals surface area (Å²) in [5, 5.41) is 29.6. The number of hydrogen-bond acceptors (Lipinski definition) is 3. The average Bonchev–Trinajstić information content (AvgIpc) is 2.11. The Labute approximate surface area is 92.1 Å². The molecule has 3 nitrogen and oxygen atoms in total. The first kappa shape index (κ1) is 12.9. The minimum absolute atomic E-state index is 0.0532. The standard InChI is InChI=1S/C12H24O3/c1-9-4-5-12(15,10(14)8-9)11(2,3)6-7-13/h9-10,13-15H,4-8H2,1-3H3. The number of aliphatic hydroxyl groups excluding tert-OH is 2. The largest absolute Gasteiger partial charge is 0.396 e. The van der Waals surface area contributed by atoms with Crippen molar-refractivity contribution in [3.63, 3.8) is 0 Å². The van der Waals surface area contributed by atoms with Crippen molar-refractivity contribution in [3.8, 4) is 0 Å². The zero-order valence-electron chi connectivity index (χ0n) is 10.0. The lowest BCUT2D eigenvalue weighted by Crippen LogP contribution is -2.56. The maximum atomic E-state index is 10.6. The van der Waals surface area contributed by atoms with Crippen molar-refractivity contribution < 1.29 is 15.3 Å². The summed E-state index contributed by atoms with van der Waals surface area (Å²) in [5.41, 5.74) is -1.47. The van der Waals surface area contributed by atoms with Gasteiger partial charge < -0.3 is 15.3 Å². The van der Waals surface area contributed by atoms with Gasteiger partial charge in [-0.3, -0.25) is 0 Å². The quantitative estimate of drug-likeness (QED) is 0.666. The Kier molecular flexibility index (Phi) is 3.80. The van der Waals surface area contributed by atoms with Crippen molar-refractivity contribution in [1.82, 2.24) is 0 Å². The summed E-state index contributed by atoms with van der Waals surface area (Å²) < 4.78 is 0. The molecule has 3 atom stereocenters. The van der Waals surface area contributed by atoms with E-state index in [0.29, 0.717) is 25.2 Å². The van der Waals surface area contributed by atoms with E-state index in [0.717, 1.165) is 6.42 Å². The minimum Gasteiger partial charge on any atom is -0.396 e. The number of hydrogen-bond donors (Lipinski definition) is 3. The molecule has 0 bridgehead atoms. The third-order valence-corrected chi connectivity index (χ3v) is 4.10. The number of rotatable bonds is 3. The Morgan fingerprint density at radius 2 is 2.00 bits per heavy atom. The van der Waals surface area contributed by atoms with Crippen LogP contribution in [0.3, 0.4) is 0 Å². The molecule has 1 rings (SSSR count). The van der Waals surface area contributed by atoms with Gasteiger partial charge in [-0.25, -0.2) is 0 Å². The van der Waals surface area contributed by atoms with E-state index >= 15 is 0 Å². The highest BCUT2D eigenvalue weighted by Gasteiger charge is 2.50. The molecule has 0 aromatic rings. The molecule has 0 aliphatic heterocycles. The summed E-state index contributed by atoms with van der Waals surface area (Å²) in [6.45, 7) is 5.99. The Balaban J connectivity index is 2.80. The summed E-state index contributed by atoms with van der Waals surface area (Å²) in [4.78, 5) is 0. The van der Waals surface area contributed by atoms with E-state index in [1.807, 2.05) is 13.8 Å². The predicted molar refractivity (Wildman–Crippen MR) is 59.5 cm³/mol. The zero-order valence-corrected chi connectivity index (χ0v) is 10.0. The van der Waals surface area contributed by atoms with Gasteiger partial charge in [-0.1, -0.05) is 20.8 Å². The van der Waals surface area contributed by atoms with Crippen LogP contribution < -0.4 is 0 Å². The summed E-state index contributed by atoms with van der Waals surface area (Å²) in [5.74, 6) is 0.477. The van der Waals surface area contributed by atoms with Crippen LogP contribution in [0.5, 0.6) is 0 Å². The fraction of sp³-hybridized carbons (Fsp3) is 1.00. The van der Waals surface area contributed by atoms with Crippen molar-refractivity contribution in [2.24, 2.45) is 11.3 Å². The van der Waals surface area contributed by atoms with Gasteiger partial charge in [-0.2, -0.15) is 0 Å². The molecule has 3 unspecified atom stereocenters. The molecule has 1 saturated carbocycles. The van der Waals surface area contributed by atoms with Crippen LogP contribution in [0, 0.1) is 11.3 Å². The van der Waals surface area contributed by atoms with Crippen LogP contribution >= 0.6 is 0 Å². The van der Waals surface area contributed by atoms with Gasteiger partial charge in [0.25, 0.3) is 0 Å². The second-order valence-corrected chi connectivity index (χ2v) is 5.68. The Morgan fingerprint density at radius 3 is 2.47 bits per heavy atom. The molecule has 0 spiro atoms. The molecule has 0 saturated heterocycles. The van der Waals surface area contributed by atoms with Gasteiger partial charge >= 0.3 is 0 Å². The lowest BCUT2D eigenvalue weighted by molar-refractivity contribution is -0.179. The van der Waals surface area contributed by atoms with Crippen molar-refractivity contribution >= 4 is 0 Å². The van der Waals surface area contributed by atoms with E-state index in [2.05, 4.69) is 6.92 Å². The van der Waals surface area contributed by atoms with Crippen LogP contribution in [0.1, 0.15) is 46.5 Å². The Bertz CT molecular complexity index is 215. The molecule has 15 heavy (non-hydrogen) atoms. The molecule has 0 amide bonds. The van der Waals surface area contributed by atoms with Crippen molar-refractivity contribution in [2.45, 2.75) is 58.2 Å². The maximum absolute atomic E-state index is 10.6. The molecule has 0 aromatic heterocycles. The van der Waals surface area contributed by atoms with E-state index in [1.165, 1.54) is 0 Å². The van der Waals surface area contributed by atoms with Gasteiger partial charge in [0.1, 0.15) is 0 Å². The Hall–Kier alpha value is -0.120. The first-order valence-electron chi connectivity index (χ1n) is 5.85. The summed E-state index contributed by atoms with van der Waals surface area (Å²) in [6.07, 6.45) is 2.09. The fourth-order valence-electron chi connectivity index (χ4n) is 2.61. The molecule has 3 N–H and O–H groups in total. The molecule has 90 valence electrons. The van der Waals surface area contributed by atoms with E-state index in [1.54, 1.807) is 0 Å². The minimum atomic E-state index is -1.04. The molecule has 0 aromatic carbocycles. The van der Waals surface area contributed by atoms with Gasteiger partial charge in [0.05, 0.1) is 11.7 Å². The summed E-state index contributed by atoms with van der Waals surface area (Å²) in [6, 6.07) is 0. The summed E-state index contributed by atoms with van der Waals surface area (Å²) >= 11 is 0.